The summed E-state index contributed by atoms with van der Waals surface area (Å²) >= 11 is 0. The lowest BCUT2D eigenvalue weighted by atomic mass is 9.97. The van der Waals surface area contributed by atoms with Gasteiger partial charge in [-0.1, -0.05) is 54.6 Å². The minimum Gasteiger partial charge on any atom is -0.455 e. The standard InChI is InChI=1S/C29H31N3O8/c1-17-24(40-28(36)39-17)16-38-27(35)23(33)14-21(30-26(34)22-15-25(32-31-22)29(2,3)37)13-18-9-11-20(12-10-18)19-7-5-4-6-8-19/h4-12,15,21,23,33,37H,13-14,16H2,1-3H3,(H,30,34)(H,31,32)/t21-,23-/m1/s1. The van der Waals surface area contributed by atoms with Crippen molar-refractivity contribution in [3.05, 3.63) is 99.8 Å². The average molecular weight is 550 g/mol. The van der Waals surface area contributed by atoms with Gasteiger partial charge in [-0.15, -0.1) is 0 Å². The fourth-order valence-corrected chi connectivity index (χ4v) is 4.06. The van der Waals surface area contributed by atoms with Crippen molar-refractivity contribution in [2.75, 3.05) is 0 Å². The summed E-state index contributed by atoms with van der Waals surface area (Å²) in [5.41, 5.74) is 2.12. The van der Waals surface area contributed by atoms with Crippen molar-refractivity contribution >= 4 is 11.9 Å². The van der Waals surface area contributed by atoms with Gasteiger partial charge >= 0.3 is 11.8 Å². The molecule has 2 aromatic heterocycles. The number of aliphatic hydroxyl groups is 2. The van der Waals surface area contributed by atoms with Gasteiger partial charge in [-0.3, -0.25) is 9.89 Å². The second-order valence-corrected chi connectivity index (χ2v) is 9.96. The summed E-state index contributed by atoms with van der Waals surface area (Å²) in [6.45, 7) is 4.21. The average Bonchev–Trinajstić information content (AvgIpc) is 3.54. The van der Waals surface area contributed by atoms with Crippen molar-refractivity contribution in [2.24, 2.45) is 0 Å². The highest BCUT2D eigenvalue weighted by molar-refractivity contribution is 5.92. The molecule has 4 N–H and O–H groups in total. The molecule has 40 heavy (non-hydrogen) atoms. The molecular formula is C29H31N3O8. The third-order valence-corrected chi connectivity index (χ3v) is 6.31. The van der Waals surface area contributed by atoms with Crippen LogP contribution in [0.2, 0.25) is 0 Å². The molecule has 2 aromatic carbocycles. The summed E-state index contributed by atoms with van der Waals surface area (Å²) in [6, 6.07) is 18.3. The van der Waals surface area contributed by atoms with E-state index in [0.29, 0.717) is 12.1 Å². The Morgan fingerprint density at radius 1 is 1.07 bits per heavy atom. The van der Waals surface area contributed by atoms with Gasteiger partial charge in [0.25, 0.3) is 5.91 Å². The maximum Gasteiger partial charge on any atom is 0.519 e. The molecule has 4 rings (SSSR count). The minimum atomic E-state index is -1.58. The lowest BCUT2D eigenvalue weighted by molar-refractivity contribution is -0.156. The van der Waals surface area contributed by atoms with Gasteiger partial charge in [0.15, 0.2) is 24.2 Å². The molecule has 0 aliphatic carbocycles. The number of nitrogens with zero attached hydrogens (tertiary/aromatic N) is 1. The van der Waals surface area contributed by atoms with Gasteiger partial charge in [0.2, 0.25) is 0 Å². The number of amides is 1. The molecule has 0 aliphatic rings. The molecule has 4 aromatic rings. The molecule has 1 amide bonds. The molecule has 0 aliphatic heterocycles. The topological polar surface area (TPSA) is 168 Å². The van der Waals surface area contributed by atoms with Crippen molar-refractivity contribution in [1.29, 1.82) is 0 Å². The van der Waals surface area contributed by atoms with Gasteiger partial charge in [-0.2, -0.15) is 5.10 Å². The van der Waals surface area contributed by atoms with Crippen LogP contribution in [-0.2, 0) is 28.2 Å². The van der Waals surface area contributed by atoms with Crippen LogP contribution in [0.4, 0.5) is 0 Å². The molecule has 210 valence electrons. The molecule has 0 spiro atoms. The number of benzene rings is 2. The molecule has 0 unspecified atom stereocenters. The number of esters is 1. The Bertz CT molecular complexity index is 1500. The SMILES string of the molecule is Cc1oc(=O)oc1COC(=O)[C@H](O)C[C@@H](Cc1ccc(-c2ccccc2)cc1)NC(=O)c1cc(C(C)(C)O)[nH]n1. The van der Waals surface area contributed by atoms with E-state index in [1.165, 1.54) is 13.0 Å². The Balaban J connectivity index is 1.47. The first kappa shape index (κ1) is 28.5. The van der Waals surface area contributed by atoms with E-state index in [0.717, 1.165) is 16.7 Å². The second kappa shape index (κ2) is 12.1. The van der Waals surface area contributed by atoms with Gasteiger partial charge < -0.3 is 29.1 Å². The van der Waals surface area contributed by atoms with Crippen LogP contribution in [0, 0.1) is 6.92 Å². The van der Waals surface area contributed by atoms with Crippen molar-refractivity contribution in [3.63, 3.8) is 0 Å². The van der Waals surface area contributed by atoms with E-state index in [1.54, 1.807) is 13.8 Å². The molecule has 2 atom stereocenters. The molecule has 0 fully saturated rings. The van der Waals surface area contributed by atoms with Crippen LogP contribution in [0.1, 0.15) is 53.5 Å². The normalized spacial score (nSPS) is 13.0. The number of aromatic amines is 1. The van der Waals surface area contributed by atoms with E-state index in [9.17, 15) is 24.6 Å². The minimum absolute atomic E-state index is 0.0371. The van der Waals surface area contributed by atoms with E-state index >= 15 is 0 Å². The molecular weight excluding hydrogens is 518 g/mol. The number of carbonyl (C=O) groups excluding carboxylic acids is 2. The first-order valence-electron chi connectivity index (χ1n) is 12.7. The Kier molecular flexibility index (Phi) is 8.66. The third kappa shape index (κ3) is 7.33. The monoisotopic (exact) mass is 549 g/mol. The lowest BCUT2D eigenvalue weighted by Crippen LogP contribution is -2.41. The predicted molar refractivity (Wildman–Crippen MR) is 143 cm³/mol. The van der Waals surface area contributed by atoms with E-state index in [1.807, 2.05) is 54.6 Å². The fraction of sp³-hybridized carbons (Fsp3) is 0.310. The number of aliphatic hydroxyl groups excluding tert-OH is 1. The van der Waals surface area contributed by atoms with Crippen molar-refractivity contribution in [1.82, 2.24) is 15.5 Å². The van der Waals surface area contributed by atoms with Crippen LogP contribution < -0.4 is 11.1 Å². The van der Waals surface area contributed by atoms with E-state index in [4.69, 9.17) is 13.6 Å². The third-order valence-electron chi connectivity index (χ3n) is 6.31. The summed E-state index contributed by atoms with van der Waals surface area (Å²) in [5, 5.41) is 30.2. The summed E-state index contributed by atoms with van der Waals surface area (Å²) < 4.78 is 14.6. The smallest absolute Gasteiger partial charge is 0.455 e. The first-order valence-corrected chi connectivity index (χ1v) is 12.7. The number of carbonyl (C=O) groups is 2. The number of aryl methyl sites for hydroxylation is 1. The van der Waals surface area contributed by atoms with Gasteiger partial charge in [-0.25, -0.2) is 9.59 Å². The highest BCUT2D eigenvalue weighted by Gasteiger charge is 2.27. The molecule has 0 bridgehead atoms. The van der Waals surface area contributed by atoms with Crippen LogP contribution in [0.15, 0.2) is 74.3 Å². The number of nitrogens with one attached hydrogen (secondary N) is 2. The van der Waals surface area contributed by atoms with Crippen molar-refractivity contribution < 1.29 is 33.4 Å². The summed E-state index contributed by atoms with van der Waals surface area (Å²) in [4.78, 5) is 36.7. The van der Waals surface area contributed by atoms with Crippen LogP contribution in [0.25, 0.3) is 11.1 Å². The van der Waals surface area contributed by atoms with Crippen LogP contribution in [0.3, 0.4) is 0 Å². The van der Waals surface area contributed by atoms with Crippen LogP contribution in [-0.4, -0.2) is 44.4 Å². The predicted octanol–water partition coefficient (Wildman–Crippen LogP) is 2.99. The fourth-order valence-electron chi connectivity index (χ4n) is 4.06. The van der Waals surface area contributed by atoms with Crippen LogP contribution in [0.5, 0.6) is 0 Å². The van der Waals surface area contributed by atoms with Gasteiger partial charge in [0.05, 0.1) is 5.69 Å². The zero-order valence-corrected chi connectivity index (χ0v) is 22.3. The first-order chi connectivity index (χ1) is 19.0. The number of H-pyrrole nitrogens is 1. The quantitative estimate of drug-likeness (QED) is 0.206. The van der Waals surface area contributed by atoms with Crippen LogP contribution >= 0.6 is 0 Å². The zero-order chi connectivity index (χ0) is 28.9. The summed E-state index contributed by atoms with van der Waals surface area (Å²) in [5.74, 6) is -2.22. The van der Waals surface area contributed by atoms with Gasteiger partial charge in [-0.05, 0) is 49.9 Å². The van der Waals surface area contributed by atoms with Gasteiger partial charge in [0, 0.05) is 12.5 Å². The lowest BCUT2D eigenvalue weighted by Gasteiger charge is -2.21. The van der Waals surface area contributed by atoms with E-state index in [-0.39, 0.29) is 23.6 Å². The Labute approximate surface area is 229 Å². The van der Waals surface area contributed by atoms with E-state index in [2.05, 4.69) is 15.5 Å². The number of hydrogen-bond acceptors (Lipinski definition) is 9. The second-order valence-electron chi connectivity index (χ2n) is 9.96. The molecule has 0 saturated heterocycles. The van der Waals surface area contributed by atoms with E-state index < -0.39 is 42.1 Å². The number of aromatic nitrogens is 2. The Hall–Kier alpha value is -4.48. The maximum absolute atomic E-state index is 13.0. The number of hydrogen-bond donors (Lipinski definition) is 4. The van der Waals surface area contributed by atoms with Gasteiger partial charge in [0.1, 0.15) is 11.3 Å². The zero-order valence-electron chi connectivity index (χ0n) is 22.3. The summed E-state index contributed by atoms with van der Waals surface area (Å²) in [7, 11) is 0. The molecule has 0 radical (unpaired) electrons. The molecule has 0 saturated carbocycles. The highest BCUT2D eigenvalue weighted by atomic mass is 16.6. The summed E-state index contributed by atoms with van der Waals surface area (Å²) in [6.07, 6.45) is -1.45. The molecule has 2 heterocycles. The molecule has 11 heteroatoms. The largest absolute Gasteiger partial charge is 0.519 e. The van der Waals surface area contributed by atoms with Crippen molar-refractivity contribution in [3.8, 4) is 11.1 Å². The Morgan fingerprint density at radius 2 is 1.75 bits per heavy atom. The Morgan fingerprint density at radius 3 is 2.35 bits per heavy atom. The van der Waals surface area contributed by atoms with Crippen molar-refractivity contribution in [2.45, 2.75) is 58.0 Å². The highest BCUT2D eigenvalue weighted by Crippen LogP contribution is 2.21. The number of ether oxygens (including phenoxy) is 1. The number of rotatable bonds is 11. The molecule has 11 nitrogen and oxygen atoms in total. The maximum atomic E-state index is 13.0.